The molecule has 0 saturated heterocycles. The highest BCUT2D eigenvalue weighted by Crippen LogP contribution is 2.26. The molecule has 61 valence electrons. The van der Waals surface area contributed by atoms with E-state index < -0.39 is 4.92 Å². The second-order valence-corrected chi connectivity index (χ2v) is 2.70. The van der Waals surface area contributed by atoms with Gasteiger partial charge >= 0.3 is 0 Å². The standard InChI is InChI=1S/C8H7N2O2/c11-10(12)7-2-1-6-3-4-9-8(6)5-7/h1-2,5H,3-4H2. The van der Waals surface area contributed by atoms with Crippen LogP contribution in [0, 0.1) is 10.1 Å². The fourth-order valence-electron chi connectivity index (χ4n) is 1.32. The SMILES string of the molecule is O=[N+]([O-])c1ccc2c(c1)[N]CC2. The van der Waals surface area contributed by atoms with Crippen LogP contribution in [0.2, 0.25) is 0 Å². The first-order chi connectivity index (χ1) is 5.77. The van der Waals surface area contributed by atoms with Crippen LogP contribution >= 0.6 is 0 Å². The van der Waals surface area contributed by atoms with E-state index >= 15 is 0 Å². The summed E-state index contributed by atoms with van der Waals surface area (Å²) in [6, 6.07) is 4.84. The van der Waals surface area contributed by atoms with E-state index in [9.17, 15) is 10.1 Å². The molecule has 4 nitrogen and oxygen atoms in total. The molecule has 0 saturated carbocycles. The molecule has 0 N–H and O–H groups in total. The number of rotatable bonds is 1. The number of nitrogens with zero attached hydrogens (tertiary/aromatic N) is 2. The Labute approximate surface area is 69.4 Å². The van der Waals surface area contributed by atoms with Crippen molar-refractivity contribution in [3.05, 3.63) is 33.9 Å². The minimum Gasteiger partial charge on any atom is -0.284 e. The molecule has 1 radical (unpaired) electrons. The van der Waals surface area contributed by atoms with Gasteiger partial charge in [0.15, 0.2) is 0 Å². The maximum absolute atomic E-state index is 10.4. The van der Waals surface area contributed by atoms with Crippen molar-refractivity contribution in [2.24, 2.45) is 0 Å². The minimum absolute atomic E-state index is 0.124. The third-order valence-corrected chi connectivity index (χ3v) is 1.94. The van der Waals surface area contributed by atoms with E-state index in [4.69, 9.17) is 0 Å². The highest BCUT2D eigenvalue weighted by Gasteiger charge is 2.15. The maximum Gasteiger partial charge on any atom is 0.271 e. The highest BCUT2D eigenvalue weighted by atomic mass is 16.6. The summed E-state index contributed by atoms with van der Waals surface area (Å²) in [5, 5.41) is 14.5. The van der Waals surface area contributed by atoms with Crippen LogP contribution in [0.4, 0.5) is 11.4 Å². The number of hydrogen-bond donors (Lipinski definition) is 0. The van der Waals surface area contributed by atoms with Gasteiger partial charge in [0.1, 0.15) is 0 Å². The van der Waals surface area contributed by atoms with E-state index in [-0.39, 0.29) is 5.69 Å². The average molecular weight is 163 g/mol. The van der Waals surface area contributed by atoms with E-state index in [0.29, 0.717) is 0 Å². The summed E-state index contributed by atoms with van der Waals surface area (Å²) in [7, 11) is 0. The monoisotopic (exact) mass is 163 g/mol. The molecule has 0 bridgehead atoms. The Bertz CT molecular complexity index is 336. The van der Waals surface area contributed by atoms with Crippen molar-refractivity contribution in [3.8, 4) is 0 Å². The van der Waals surface area contributed by atoms with Gasteiger partial charge < -0.3 is 0 Å². The first-order valence-electron chi connectivity index (χ1n) is 3.72. The molecule has 0 atom stereocenters. The topological polar surface area (TPSA) is 57.2 Å². The van der Waals surface area contributed by atoms with Crippen molar-refractivity contribution in [2.75, 3.05) is 6.54 Å². The van der Waals surface area contributed by atoms with Gasteiger partial charge in [-0.05, 0) is 12.0 Å². The number of non-ortho nitro benzene ring substituents is 1. The predicted molar refractivity (Wildman–Crippen MR) is 43.5 cm³/mol. The van der Waals surface area contributed by atoms with Gasteiger partial charge in [0.05, 0.1) is 10.6 Å². The van der Waals surface area contributed by atoms with Gasteiger partial charge in [-0.2, -0.15) is 0 Å². The summed E-state index contributed by atoms with van der Waals surface area (Å²) >= 11 is 0. The Morgan fingerprint density at radius 2 is 2.33 bits per heavy atom. The molecule has 0 fully saturated rings. The smallest absolute Gasteiger partial charge is 0.271 e. The van der Waals surface area contributed by atoms with E-state index in [1.807, 2.05) is 0 Å². The zero-order valence-corrected chi connectivity index (χ0v) is 6.36. The fraction of sp³-hybridized carbons (Fsp3) is 0.250. The lowest BCUT2D eigenvalue weighted by atomic mass is 10.1. The molecule has 2 rings (SSSR count). The lowest BCUT2D eigenvalue weighted by Crippen LogP contribution is -1.91. The van der Waals surface area contributed by atoms with Crippen LogP contribution in [0.15, 0.2) is 18.2 Å². The summed E-state index contributed by atoms with van der Waals surface area (Å²) in [5.74, 6) is 0. The van der Waals surface area contributed by atoms with Crippen LogP contribution in [0.3, 0.4) is 0 Å². The summed E-state index contributed by atoms with van der Waals surface area (Å²) in [4.78, 5) is 9.97. The second kappa shape index (κ2) is 2.48. The number of benzene rings is 1. The van der Waals surface area contributed by atoms with Crippen LogP contribution < -0.4 is 5.32 Å². The van der Waals surface area contributed by atoms with E-state index in [1.54, 1.807) is 6.07 Å². The number of nitro groups is 1. The van der Waals surface area contributed by atoms with E-state index in [0.717, 1.165) is 24.2 Å². The van der Waals surface area contributed by atoms with Gasteiger partial charge in [-0.3, -0.25) is 15.4 Å². The van der Waals surface area contributed by atoms with Gasteiger partial charge in [-0.25, -0.2) is 0 Å². The van der Waals surface area contributed by atoms with Crippen LogP contribution in [0.25, 0.3) is 0 Å². The summed E-state index contributed by atoms with van der Waals surface area (Å²) in [6.45, 7) is 0.760. The molecular formula is C8H7N2O2. The van der Waals surface area contributed by atoms with Crippen molar-refractivity contribution >= 4 is 11.4 Å². The van der Waals surface area contributed by atoms with Gasteiger partial charge in [0.25, 0.3) is 5.69 Å². The Morgan fingerprint density at radius 1 is 1.50 bits per heavy atom. The van der Waals surface area contributed by atoms with Crippen molar-refractivity contribution in [2.45, 2.75) is 6.42 Å². The van der Waals surface area contributed by atoms with Gasteiger partial charge in [-0.1, -0.05) is 6.07 Å². The van der Waals surface area contributed by atoms with Crippen molar-refractivity contribution in [1.82, 2.24) is 5.32 Å². The molecule has 1 aliphatic rings. The molecular weight excluding hydrogens is 156 g/mol. The third-order valence-electron chi connectivity index (χ3n) is 1.94. The van der Waals surface area contributed by atoms with Crippen LogP contribution in [0.5, 0.6) is 0 Å². The third kappa shape index (κ3) is 1.01. The van der Waals surface area contributed by atoms with Gasteiger partial charge in [0.2, 0.25) is 0 Å². The average Bonchev–Trinajstić information content (AvgIpc) is 2.49. The summed E-state index contributed by atoms with van der Waals surface area (Å²) < 4.78 is 0. The summed E-state index contributed by atoms with van der Waals surface area (Å²) in [6.07, 6.45) is 0.910. The molecule has 0 spiro atoms. The Morgan fingerprint density at radius 3 is 3.08 bits per heavy atom. The lowest BCUT2D eigenvalue weighted by Gasteiger charge is -1.95. The van der Waals surface area contributed by atoms with Crippen molar-refractivity contribution < 1.29 is 4.92 Å². The first kappa shape index (κ1) is 7.09. The molecule has 4 heteroatoms. The van der Waals surface area contributed by atoms with Crippen LogP contribution in [-0.2, 0) is 6.42 Å². The Kier molecular flexibility index (Phi) is 1.46. The highest BCUT2D eigenvalue weighted by molar-refractivity contribution is 5.54. The fourth-order valence-corrected chi connectivity index (χ4v) is 1.32. The Hall–Kier alpha value is -1.58. The van der Waals surface area contributed by atoms with Crippen LogP contribution in [-0.4, -0.2) is 11.5 Å². The molecule has 0 amide bonds. The van der Waals surface area contributed by atoms with Gasteiger partial charge in [-0.15, -0.1) is 0 Å². The molecule has 0 aromatic heterocycles. The predicted octanol–water partition coefficient (Wildman–Crippen LogP) is 1.39. The van der Waals surface area contributed by atoms with Crippen molar-refractivity contribution in [1.29, 1.82) is 0 Å². The quantitative estimate of drug-likeness (QED) is 0.464. The van der Waals surface area contributed by atoms with E-state index in [1.165, 1.54) is 12.1 Å². The first-order valence-corrected chi connectivity index (χ1v) is 3.72. The zero-order chi connectivity index (χ0) is 8.55. The minimum atomic E-state index is -0.395. The Balaban J connectivity index is 2.45. The molecule has 1 aliphatic heterocycles. The maximum atomic E-state index is 10.4. The zero-order valence-electron chi connectivity index (χ0n) is 6.36. The molecule has 12 heavy (non-hydrogen) atoms. The second-order valence-electron chi connectivity index (χ2n) is 2.70. The largest absolute Gasteiger partial charge is 0.284 e. The molecule has 1 aromatic rings. The molecule has 0 unspecified atom stereocenters. The lowest BCUT2D eigenvalue weighted by molar-refractivity contribution is -0.384. The molecule has 1 heterocycles. The number of nitro benzene ring substituents is 1. The number of fused-ring (bicyclic) bond motifs is 1. The molecule has 1 aromatic carbocycles. The molecule has 0 aliphatic carbocycles. The van der Waals surface area contributed by atoms with Gasteiger partial charge in [0, 0.05) is 18.7 Å². The van der Waals surface area contributed by atoms with E-state index in [2.05, 4.69) is 5.32 Å². The normalized spacial score (nSPS) is 13.7. The van der Waals surface area contributed by atoms with Crippen molar-refractivity contribution in [3.63, 3.8) is 0 Å². The van der Waals surface area contributed by atoms with Crippen LogP contribution in [0.1, 0.15) is 5.56 Å². The summed E-state index contributed by atoms with van der Waals surface area (Å²) in [5.41, 5.74) is 2.02. The number of hydrogen-bond acceptors (Lipinski definition) is 2.